The molecule has 93 heavy (non-hydrogen) atoms. The summed E-state index contributed by atoms with van der Waals surface area (Å²) in [7, 11) is 0. The Labute approximate surface area is 579 Å². The van der Waals surface area contributed by atoms with E-state index in [0.717, 1.165) is 38.5 Å². The SMILES string of the molecule is CCCCCCCCCCCCCCCCCCCCCCCCCCCCCC/C=C/C(O)C(COC1OC(CO)C(O)C(O)C1O)NC(=O)CCCCCCCCCCCCCCCCCCCCCCCCCCCCCCCCCCCCCCCCCC. The Morgan fingerprint density at radius 1 is 0.355 bits per heavy atom. The van der Waals surface area contributed by atoms with Crippen molar-refractivity contribution in [3.8, 4) is 0 Å². The molecule has 1 aliphatic heterocycles. The highest BCUT2D eigenvalue weighted by Crippen LogP contribution is 2.24. The number of aliphatic hydroxyl groups is 5. The number of carbonyl (C=O) groups is 1. The topological polar surface area (TPSA) is 149 Å². The molecule has 0 bridgehead atoms. The zero-order chi connectivity index (χ0) is 67.1. The summed E-state index contributed by atoms with van der Waals surface area (Å²) >= 11 is 0. The molecule has 0 radical (unpaired) electrons. The molecule has 9 heteroatoms. The first kappa shape index (κ1) is 89.9. The Hall–Kier alpha value is -1.07. The largest absolute Gasteiger partial charge is 0.394 e. The van der Waals surface area contributed by atoms with Crippen LogP contribution in [-0.2, 0) is 14.3 Å². The number of nitrogens with one attached hydrogen (secondary N) is 1. The number of aliphatic hydroxyl groups excluding tert-OH is 5. The first-order chi connectivity index (χ1) is 45.8. The molecule has 0 aliphatic carbocycles. The van der Waals surface area contributed by atoms with Gasteiger partial charge in [-0.3, -0.25) is 4.79 Å². The maximum Gasteiger partial charge on any atom is 0.220 e. The summed E-state index contributed by atoms with van der Waals surface area (Å²) in [6.07, 6.45) is 91.1. The Balaban J connectivity index is 2.02. The van der Waals surface area contributed by atoms with E-state index in [1.54, 1.807) is 6.08 Å². The lowest BCUT2D eigenvalue weighted by Gasteiger charge is -2.40. The Kier molecular flexibility index (Phi) is 71.2. The third-order valence-electron chi connectivity index (χ3n) is 20.9. The van der Waals surface area contributed by atoms with E-state index in [1.807, 2.05) is 6.08 Å². The summed E-state index contributed by atoms with van der Waals surface area (Å²) in [5, 5.41) is 55.0. The van der Waals surface area contributed by atoms with Crippen LogP contribution in [0.5, 0.6) is 0 Å². The molecule has 1 fully saturated rings. The second-order valence-electron chi connectivity index (χ2n) is 30.0. The zero-order valence-electron chi connectivity index (χ0n) is 62.6. The van der Waals surface area contributed by atoms with E-state index in [2.05, 4.69) is 19.2 Å². The summed E-state index contributed by atoms with van der Waals surface area (Å²) in [5.41, 5.74) is 0. The Morgan fingerprint density at radius 3 is 0.839 bits per heavy atom. The minimum absolute atomic E-state index is 0.165. The second-order valence-corrected chi connectivity index (χ2v) is 30.0. The molecule has 0 aromatic rings. The molecule has 0 saturated carbocycles. The average molecular weight is 1320 g/mol. The van der Waals surface area contributed by atoms with E-state index in [1.165, 1.54) is 405 Å². The van der Waals surface area contributed by atoms with Crippen LogP contribution in [0.3, 0.4) is 0 Å². The Morgan fingerprint density at radius 2 is 0.591 bits per heavy atom. The van der Waals surface area contributed by atoms with Gasteiger partial charge in [-0.25, -0.2) is 0 Å². The van der Waals surface area contributed by atoms with Gasteiger partial charge in [-0.1, -0.05) is 450 Å². The molecule has 9 nitrogen and oxygen atoms in total. The first-order valence-electron chi connectivity index (χ1n) is 42.4. The number of rotatable bonds is 77. The second kappa shape index (κ2) is 73.6. The van der Waals surface area contributed by atoms with Crippen molar-refractivity contribution in [3.05, 3.63) is 12.2 Å². The van der Waals surface area contributed by atoms with Crippen LogP contribution in [0.15, 0.2) is 12.2 Å². The van der Waals surface area contributed by atoms with Gasteiger partial charge in [-0.2, -0.15) is 0 Å². The van der Waals surface area contributed by atoms with E-state index in [9.17, 15) is 30.3 Å². The van der Waals surface area contributed by atoms with Crippen LogP contribution in [0.25, 0.3) is 0 Å². The van der Waals surface area contributed by atoms with Crippen LogP contribution < -0.4 is 5.32 Å². The fourth-order valence-electron chi connectivity index (χ4n) is 14.3. The van der Waals surface area contributed by atoms with Crippen molar-refractivity contribution in [1.29, 1.82) is 0 Å². The first-order valence-corrected chi connectivity index (χ1v) is 42.4. The molecule has 1 rings (SSSR count). The van der Waals surface area contributed by atoms with Gasteiger partial charge in [0.25, 0.3) is 0 Å². The molecule has 7 unspecified atom stereocenters. The van der Waals surface area contributed by atoms with Gasteiger partial charge < -0.3 is 40.3 Å². The normalized spacial score (nSPS) is 17.5. The molecule has 0 spiro atoms. The highest BCUT2D eigenvalue weighted by Gasteiger charge is 2.44. The van der Waals surface area contributed by atoms with Crippen molar-refractivity contribution in [1.82, 2.24) is 5.32 Å². The van der Waals surface area contributed by atoms with Gasteiger partial charge in [-0.05, 0) is 19.3 Å². The van der Waals surface area contributed by atoms with Crippen molar-refractivity contribution >= 4 is 5.91 Å². The summed E-state index contributed by atoms with van der Waals surface area (Å²) < 4.78 is 11.4. The highest BCUT2D eigenvalue weighted by molar-refractivity contribution is 5.76. The van der Waals surface area contributed by atoms with Crippen molar-refractivity contribution in [3.63, 3.8) is 0 Å². The number of carbonyl (C=O) groups excluding carboxylic acids is 1. The average Bonchev–Trinajstić information content (AvgIpc) is 0.944. The molecule has 7 atom stereocenters. The molecular weight excluding hydrogens is 1150 g/mol. The van der Waals surface area contributed by atoms with Crippen LogP contribution in [0.1, 0.15) is 463 Å². The van der Waals surface area contributed by atoms with Gasteiger partial charge in [0.2, 0.25) is 5.91 Å². The number of ether oxygens (including phenoxy) is 2. The van der Waals surface area contributed by atoms with Crippen molar-refractivity contribution in [2.45, 2.75) is 506 Å². The molecule has 0 aromatic heterocycles. The van der Waals surface area contributed by atoms with Crippen molar-refractivity contribution < 1.29 is 39.8 Å². The summed E-state index contributed by atoms with van der Waals surface area (Å²) in [5.74, 6) is -0.165. The predicted octanol–water partition coefficient (Wildman–Crippen LogP) is 24.6. The van der Waals surface area contributed by atoms with Gasteiger partial charge >= 0.3 is 0 Å². The molecule has 1 amide bonds. The predicted molar refractivity (Wildman–Crippen MR) is 401 cm³/mol. The molecule has 1 saturated heterocycles. The van der Waals surface area contributed by atoms with Crippen molar-refractivity contribution in [2.24, 2.45) is 0 Å². The molecular formula is C84H165NO8. The summed E-state index contributed by atoms with van der Waals surface area (Å²) in [6, 6.07) is -0.803. The number of allylic oxidation sites excluding steroid dienone is 1. The lowest BCUT2D eigenvalue weighted by Crippen LogP contribution is -2.60. The fraction of sp³-hybridized carbons (Fsp3) is 0.964. The fourth-order valence-corrected chi connectivity index (χ4v) is 14.3. The van der Waals surface area contributed by atoms with Crippen LogP contribution in [0, 0.1) is 0 Å². The number of hydrogen-bond donors (Lipinski definition) is 6. The maximum atomic E-state index is 13.2. The third-order valence-corrected chi connectivity index (χ3v) is 20.9. The molecule has 554 valence electrons. The number of unbranched alkanes of at least 4 members (excludes halogenated alkanes) is 67. The minimum atomic E-state index is -1.57. The van der Waals surface area contributed by atoms with E-state index in [0.29, 0.717) is 6.42 Å². The minimum Gasteiger partial charge on any atom is -0.394 e. The van der Waals surface area contributed by atoms with Gasteiger partial charge in [0, 0.05) is 6.42 Å². The lowest BCUT2D eigenvalue weighted by molar-refractivity contribution is -0.302. The molecule has 1 aliphatic rings. The van der Waals surface area contributed by atoms with Crippen LogP contribution in [0.4, 0.5) is 0 Å². The molecule has 0 aromatic carbocycles. The van der Waals surface area contributed by atoms with Crippen LogP contribution >= 0.6 is 0 Å². The third kappa shape index (κ3) is 61.7. The lowest BCUT2D eigenvalue weighted by atomic mass is 9.99. The Bertz CT molecular complexity index is 1480. The van der Waals surface area contributed by atoms with Crippen LogP contribution in [0.2, 0.25) is 0 Å². The van der Waals surface area contributed by atoms with Gasteiger partial charge in [0.05, 0.1) is 25.4 Å². The smallest absolute Gasteiger partial charge is 0.220 e. The summed E-state index contributed by atoms with van der Waals surface area (Å²) in [4.78, 5) is 13.2. The van der Waals surface area contributed by atoms with Crippen molar-refractivity contribution in [2.75, 3.05) is 13.2 Å². The summed E-state index contributed by atoms with van der Waals surface area (Å²) in [6.45, 7) is 3.86. The monoisotopic (exact) mass is 1320 g/mol. The van der Waals surface area contributed by atoms with Gasteiger partial charge in [0.1, 0.15) is 24.4 Å². The number of hydrogen-bond acceptors (Lipinski definition) is 8. The standard InChI is InChI=1S/C84H165NO8/c1-3-5-7-9-11-13-15-17-19-21-23-25-27-29-31-33-35-36-37-38-39-40-41-42-43-44-46-48-50-52-54-56-58-60-62-64-66-68-70-72-74-80(88)85-77(76-92-84-83(91)82(90)81(89)79(75-86)93-84)78(87)73-71-69-67-65-63-61-59-57-55-53-51-49-47-45-34-32-30-28-26-24-22-20-18-16-14-12-10-8-6-4-2/h71,73,77-79,81-84,86-87,89-91H,3-70,72,74-76H2,1-2H3,(H,85,88)/b73-71+. The highest BCUT2D eigenvalue weighted by atomic mass is 16.7. The van der Waals surface area contributed by atoms with E-state index in [-0.39, 0.29) is 12.5 Å². The van der Waals surface area contributed by atoms with Gasteiger partial charge in [0.15, 0.2) is 6.29 Å². The van der Waals surface area contributed by atoms with Gasteiger partial charge in [-0.15, -0.1) is 0 Å². The van der Waals surface area contributed by atoms with E-state index >= 15 is 0 Å². The molecule has 6 N–H and O–H groups in total. The molecule has 1 heterocycles. The quantitative estimate of drug-likeness (QED) is 0.0261. The zero-order valence-corrected chi connectivity index (χ0v) is 62.6. The number of amides is 1. The van der Waals surface area contributed by atoms with E-state index < -0.39 is 49.5 Å². The van der Waals surface area contributed by atoms with E-state index in [4.69, 9.17) is 9.47 Å². The maximum absolute atomic E-state index is 13.2. The van der Waals surface area contributed by atoms with Crippen LogP contribution in [-0.4, -0.2) is 87.5 Å².